The molecule has 0 unspecified atom stereocenters. The zero-order chi connectivity index (χ0) is 11.5. The normalized spacial score (nSPS) is 10.6. The molecule has 1 radical (unpaired) electrons. The second-order valence-corrected chi connectivity index (χ2v) is 3.56. The highest BCUT2D eigenvalue weighted by Crippen LogP contribution is 2.13. The molecule has 0 N–H and O–H groups in total. The fourth-order valence-corrected chi connectivity index (χ4v) is 1.57. The average Bonchev–Trinajstić information content (AvgIpc) is 2.81. The summed E-state index contributed by atoms with van der Waals surface area (Å²) in [7, 11) is 0. The van der Waals surface area contributed by atoms with E-state index >= 15 is 0 Å². The van der Waals surface area contributed by atoms with Gasteiger partial charge < -0.3 is 4.74 Å². The molecule has 1 aromatic heterocycles. The summed E-state index contributed by atoms with van der Waals surface area (Å²) in [4.78, 5) is 0. The van der Waals surface area contributed by atoms with Crippen molar-refractivity contribution in [2.75, 3.05) is 0 Å². The van der Waals surface area contributed by atoms with Crippen molar-refractivity contribution in [1.29, 1.82) is 0 Å². The predicted molar refractivity (Wildman–Crippen MR) is 64.3 cm³/mol. The smallest absolute Gasteiger partial charge is 0.250 e. The minimum atomic E-state index is 0.770. The fourth-order valence-electron chi connectivity index (χ4n) is 1.57. The number of nitrogens with zero attached hydrogens (tertiary/aromatic N) is 3. The summed E-state index contributed by atoms with van der Waals surface area (Å²) in [6, 6.07) is 17.3. The molecule has 2 aromatic carbocycles. The highest BCUT2D eigenvalue weighted by atomic mass is 16.5. The molecular weight excluding hydrogens is 214 g/mol. The molecule has 4 heteroatoms. The molecule has 0 aliphatic heterocycles. The van der Waals surface area contributed by atoms with Crippen molar-refractivity contribution in [3.63, 3.8) is 0 Å². The molecule has 0 amide bonds. The minimum absolute atomic E-state index is 0.770. The molecule has 0 atom stereocenters. The van der Waals surface area contributed by atoms with Crippen LogP contribution in [0.3, 0.4) is 0 Å². The fraction of sp³-hybridized carbons (Fsp3) is 0. The number of benzene rings is 2. The Labute approximate surface area is 98.4 Å². The Bertz CT molecular complexity index is 619. The molecule has 17 heavy (non-hydrogen) atoms. The standard InChI is InChI=1S/C13H10N3O/c1-2-6-11(7-3-1)17-10-16-13-9-5-4-8-12(13)14-15-16/h1-10H. The lowest BCUT2D eigenvalue weighted by Gasteiger charge is -2.04. The van der Waals surface area contributed by atoms with Crippen molar-refractivity contribution < 1.29 is 4.74 Å². The van der Waals surface area contributed by atoms with Crippen LogP contribution < -0.4 is 4.74 Å². The van der Waals surface area contributed by atoms with Crippen molar-refractivity contribution in [3.8, 4) is 5.75 Å². The topological polar surface area (TPSA) is 39.9 Å². The van der Waals surface area contributed by atoms with Crippen LogP contribution in [0.25, 0.3) is 11.0 Å². The molecule has 0 spiro atoms. The molecule has 0 saturated carbocycles. The van der Waals surface area contributed by atoms with Gasteiger partial charge in [-0.3, -0.25) is 0 Å². The Morgan fingerprint density at radius 3 is 2.59 bits per heavy atom. The summed E-state index contributed by atoms with van der Waals surface area (Å²) in [5, 5.41) is 8.03. The van der Waals surface area contributed by atoms with Gasteiger partial charge in [0, 0.05) is 0 Å². The Morgan fingerprint density at radius 2 is 1.71 bits per heavy atom. The average molecular weight is 224 g/mol. The molecule has 0 bridgehead atoms. The molecule has 4 nitrogen and oxygen atoms in total. The Balaban J connectivity index is 1.82. The molecule has 0 aliphatic rings. The van der Waals surface area contributed by atoms with E-state index in [2.05, 4.69) is 10.3 Å². The number of hydrogen-bond acceptors (Lipinski definition) is 3. The monoisotopic (exact) mass is 224 g/mol. The summed E-state index contributed by atoms with van der Waals surface area (Å²) in [5.74, 6) is 0.770. The molecular formula is C13H10N3O. The van der Waals surface area contributed by atoms with Gasteiger partial charge in [-0.05, 0) is 24.3 Å². The van der Waals surface area contributed by atoms with Gasteiger partial charge in [-0.25, -0.2) is 0 Å². The maximum atomic E-state index is 5.49. The second-order valence-electron chi connectivity index (χ2n) is 3.56. The number of rotatable bonds is 3. The van der Waals surface area contributed by atoms with Gasteiger partial charge in [-0.2, -0.15) is 4.68 Å². The summed E-state index contributed by atoms with van der Waals surface area (Å²) < 4.78 is 7.11. The molecule has 0 aliphatic carbocycles. The van der Waals surface area contributed by atoms with Crippen molar-refractivity contribution in [2.24, 2.45) is 0 Å². The van der Waals surface area contributed by atoms with Crippen molar-refractivity contribution in [2.45, 2.75) is 0 Å². The molecule has 3 aromatic rings. The summed E-state index contributed by atoms with van der Waals surface area (Å²) in [6.45, 7) is 1.55. The lowest BCUT2D eigenvalue weighted by atomic mass is 10.3. The van der Waals surface area contributed by atoms with Crippen LogP contribution in [-0.4, -0.2) is 15.0 Å². The first kappa shape index (κ1) is 9.84. The van der Waals surface area contributed by atoms with Crippen LogP contribution >= 0.6 is 0 Å². The van der Waals surface area contributed by atoms with Crippen LogP contribution in [0.4, 0.5) is 0 Å². The highest BCUT2D eigenvalue weighted by molar-refractivity contribution is 5.74. The number of para-hydroxylation sites is 2. The van der Waals surface area contributed by atoms with Gasteiger partial charge in [0.15, 0.2) is 0 Å². The lowest BCUT2D eigenvalue weighted by molar-refractivity contribution is 0.363. The Kier molecular flexibility index (Phi) is 2.46. The summed E-state index contributed by atoms with van der Waals surface area (Å²) >= 11 is 0. The van der Waals surface area contributed by atoms with Crippen molar-refractivity contribution in [1.82, 2.24) is 15.0 Å². The second kappa shape index (κ2) is 4.25. The number of hydrogen-bond donors (Lipinski definition) is 0. The molecule has 1 heterocycles. The highest BCUT2D eigenvalue weighted by Gasteiger charge is 2.03. The van der Waals surface area contributed by atoms with Gasteiger partial charge in [0.05, 0.1) is 5.52 Å². The third kappa shape index (κ3) is 1.97. The summed E-state index contributed by atoms with van der Waals surface area (Å²) in [6.07, 6.45) is 0. The van der Waals surface area contributed by atoms with Gasteiger partial charge in [-0.1, -0.05) is 35.5 Å². The van der Waals surface area contributed by atoms with Crippen LogP contribution in [0.15, 0.2) is 54.6 Å². The quantitative estimate of drug-likeness (QED) is 0.686. The zero-order valence-electron chi connectivity index (χ0n) is 9.02. The van der Waals surface area contributed by atoms with E-state index in [0.717, 1.165) is 16.8 Å². The van der Waals surface area contributed by atoms with E-state index in [4.69, 9.17) is 4.74 Å². The van der Waals surface area contributed by atoms with E-state index in [1.165, 1.54) is 0 Å². The van der Waals surface area contributed by atoms with Crippen LogP contribution in [0.1, 0.15) is 0 Å². The van der Waals surface area contributed by atoms with Crippen LogP contribution in [0.5, 0.6) is 5.75 Å². The third-order valence-electron chi connectivity index (χ3n) is 2.41. The lowest BCUT2D eigenvalue weighted by Crippen LogP contribution is -2.03. The SMILES string of the molecule is [CH](Oc1ccccc1)n1nnc2ccccc21. The van der Waals surface area contributed by atoms with Crippen LogP contribution in [0.2, 0.25) is 0 Å². The van der Waals surface area contributed by atoms with Crippen LogP contribution in [0, 0.1) is 6.73 Å². The Morgan fingerprint density at radius 1 is 0.941 bits per heavy atom. The summed E-state index contributed by atoms with van der Waals surface area (Å²) in [5.41, 5.74) is 1.77. The number of aromatic nitrogens is 3. The first-order valence-corrected chi connectivity index (χ1v) is 5.28. The number of ether oxygens (including phenoxy) is 1. The van der Waals surface area contributed by atoms with E-state index < -0.39 is 0 Å². The van der Waals surface area contributed by atoms with E-state index in [-0.39, 0.29) is 0 Å². The van der Waals surface area contributed by atoms with E-state index in [9.17, 15) is 0 Å². The first-order valence-electron chi connectivity index (χ1n) is 5.28. The van der Waals surface area contributed by atoms with Gasteiger partial charge in [0.1, 0.15) is 11.3 Å². The van der Waals surface area contributed by atoms with Gasteiger partial charge in [0.2, 0.25) is 0 Å². The van der Waals surface area contributed by atoms with Gasteiger partial charge in [-0.15, -0.1) is 5.10 Å². The van der Waals surface area contributed by atoms with Gasteiger partial charge in [0.25, 0.3) is 6.73 Å². The van der Waals surface area contributed by atoms with E-state index in [0.29, 0.717) is 0 Å². The zero-order valence-corrected chi connectivity index (χ0v) is 9.02. The Hall–Kier alpha value is -2.36. The predicted octanol–water partition coefficient (Wildman–Crippen LogP) is 2.48. The van der Waals surface area contributed by atoms with Gasteiger partial charge >= 0.3 is 0 Å². The van der Waals surface area contributed by atoms with E-state index in [1.807, 2.05) is 54.6 Å². The molecule has 3 rings (SSSR count). The molecule has 0 fully saturated rings. The minimum Gasteiger partial charge on any atom is -0.462 e. The van der Waals surface area contributed by atoms with Crippen molar-refractivity contribution in [3.05, 3.63) is 61.3 Å². The maximum absolute atomic E-state index is 5.49. The maximum Gasteiger partial charge on any atom is 0.250 e. The molecule has 0 saturated heterocycles. The largest absolute Gasteiger partial charge is 0.462 e. The number of fused-ring (bicyclic) bond motifs is 1. The van der Waals surface area contributed by atoms with Crippen LogP contribution in [-0.2, 0) is 0 Å². The van der Waals surface area contributed by atoms with Crippen molar-refractivity contribution >= 4 is 11.0 Å². The molecule has 83 valence electrons. The first-order chi connectivity index (χ1) is 8.43. The van der Waals surface area contributed by atoms with E-state index in [1.54, 1.807) is 11.4 Å². The third-order valence-corrected chi connectivity index (χ3v) is 2.41.